The van der Waals surface area contributed by atoms with Crippen molar-refractivity contribution in [3.8, 4) is 11.5 Å². The number of ether oxygens (including phenoxy) is 2. The molecule has 30 heavy (non-hydrogen) atoms. The van der Waals surface area contributed by atoms with Gasteiger partial charge in [0.15, 0.2) is 0 Å². The Labute approximate surface area is 173 Å². The van der Waals surface area contributed by atoms with Gasteiger partial charge in [0, 0.05) is 23.6 Å². The first-order valence-electron chi connectivity index (χ1n) is 9.65. The average Bonchev–Trinajstić information content (AvgIpc) is 3.24. The summed E-state index contributed by atoms with van der Waals surface area (Å²) in [7, 11) is 1.63. The van der Waals surface area contributed by atoms with E-state index >= 15 is 0 Å². The number of nitro groups is 1. The van der Waals surface area contributed by atoms with Crippen molar-refractivity contribution in [2.45, 2.75) is 18.7 Å². The highest BCUT2D eigenvalue weighted by atomic mass is 16.6. The lowest BCUT2D eigenvalue weighted by Gasteiger charge is -2.37. The van der Waals surface area contributed by atoms with E-state index in [0.29, 0.717) is 12.0 Å². The van der Waals surface area contributed by atoms with Crippen molar-refractivity contribution in [1.82, 2.24) is 5.01 Å². The maximum Gasteiger partial charge on any atom is 0.278 e. The molecule has 0 N–H and O–H groups in total. The lowest BCUT2D eigenvalue weighted by Crippen LogP contribution is -2.34. The standard InChI is InChI=1S/C23H19N3O4/c1-29-16-8-6-7-15(13-16)19-14-21-17-9-3-5-12-22(17)30-23(25(21)24-19)18-10-2-4-11-20(18)26(27)28/h2-13,21,23H,14H2,1H3. The molecule has 0 aromatic heterocycles. The fraction of sp³-hybridized carbons (Fsp3) is 0.174. The van der Waals surface area contributed by atoms with E-state index in [1.165, 1.54) is 6.07 Å². The minimum absolute atomic E-state index is 0.0191. The van der Waals surface area contributed by atoms with Crippen LogP contribution < -0.4 is 9.47 Å². The lowest BCUT2D eigenvalue weighted by molar-refractivity contribution is -0.386. The van der Waals surface area contributed by atoms with E-state index in [9.17, 15) is 10.1 Å². The number of hydrazone groups is 1. The average molecular weight is 401 g/mol. The second kappa shape index (κ2) is 7.18. The van der Waals surface area contributed by atoms with Crippen LogP contribution in [0.15, 0.2) is 77.9 Å². The van der Waals surface area contributed by atoms with E-state index in [1.807, 2.05) is 53.5 Å². The molecule has 7 nitrogen and oxygen atoms in total. The number of nitrogens with zero attached hydrogens (tertiary/aromatic N) is 3. The molecular weight excluding hydrogens is 382 g/mol. The molecule has 2 aliphatic heterocycles. The number of rotatable bonds is 4. The Morgan fingerprint density at radius 1 is 1.07 bits per heavy atom. The fourth-order valence-corrected chi connectivity index (χ4v) is 4.08. The quantitative estimate of drug-likeness (QED) is 0.462. The van der Waals surface area contributed by atoms with Gasteiger partial charge in [0.2, 0.25) is 6.23 Å². The van der Waals surface area contributed by atoms with E-state index < -0.39 is 6.23 Å². The molecule has 2 heterocycles. The van der Waals surface area contributed by atoms with Crippen LogP contribution in [-0.4, -0.2) is 22.8 Å². The summed E-state index contributed by atoms with van der Waals surface area (Å²) < 4.78 is 11.6. The third kappa shape index (κ3) is 2.95. The molecule has 3 aromatic carbocycles. The van der Waals surface area contributed by atoms with Crippen LogP contribution in [0.3, 0.4) is 0 Å². The van der Waals surface area contributed by atoms with Crippen molar-refractivity contribution >= 4 is 11.4 Å². The molecule has 2 aliphatic rings. The van der Waals surface area contributed by atoms with Crippen LogP contribution in [0.4, 0.5) is 5.69 Å². The first kappa shape index (κ1) is 18.2. The molecule has 150 valence electrons. The first-order valence-corrected chi connectivity index (χ1v) is 9.65. The smallest absolute Gasteiger partial charge is 0.278 e. The van der Waals surface area contributed by atoms with Gasteiger partial charge in [0.25, 0.3) is 5.69 Å². The summed E-state index contributed by atoms with van der Waals surface area (Å²) in [5.74, 6) is 1.48. The van der Waals surface area contributed by atoms with Crippen molar-refractivity contribution in [3.63, 3.8) is 0 Å². The normalized spacial score (nSPS) is 19.4. The van der Waals surface area contributed by atoms with E-state index in [4.69, 9.17) is 14.6 Å². The Morgan fingerprint density at radius 2 is 1.83 bits per heavy atom. The Bertz CT molecular complexity index is 1160. The Balaban J connectivity index is 1.62. The number of methoxy groups -OCH3 is 1. The Hall–Kier alpha value is -3.87. The number of fused-ring (bicyclic) bond motifs is 3. The van der Waals surface area contributed by atoms with Gasteiger partial charge in [-0.1, -0.05) is 42.5 Å². The Kier molecular flexibility index (Phi) is 4.35. The van der Waals surface area contributed by atoms with E-state index in [2.05, 4.69) is 0 Å². The molecule has 7 heteroatoms. The maximum absolute atomic E-state index is 11.6. The zero-order valence-electron chi connectivity index (χ0n) is 16.3. The summed E-state index contributed by atoms with van der Waals surface area (Å²) in [5.41, 5.74) is 3.38. The van der Waals surface area contributed by atoms with Gasteiger partial charge < -0.3 is 9.47 Å². The van der Waals surface area contributed by atoms with E-state index in [0.717, 1.165) is 28.3 Å². The van der Waals surface area contributed by atoms with Crippen molar-refractivity contribution in [3.05, 3.63) is 99.6 Å². The van der Waals surface area contributed by atoms with Crippen LogP contribution in [-0.2, 0) is 0 Å². The predicted molar refractivity (Wildman–Crippen MR) is 112 cm³/mol. The second-order valence-electron chi connectivity index (χ2n) is 7.20. The summed E-state index contributed by atoms with van der Waals surface area (Å²) in [5, 5.41) is 18.3. The molecule has 0 spiro atoms. The molecule has 0 aliphatic carbocycles. The Morgan fingerprint density at radius 3 is 2.63 bits per heavy atom. The minimum Gasteiger partial charge on any atom is -0.497 e. The fourth-order valence-electron chi connectivity index (χ4n) is 4.08. The van der Waals surface area contributed by atoms with Crippen LogP contribution in [0.5, 0.6) is 11.5 Å². The molecule has 0 saturated carbocycles. The molecular formula is C23H19N3O4. The van der Waals surface area contributed by atoms with Crippen LogP contribution in [0, 0.1) is 10.1 Å². The maximum atomic E-state index is 11.6. The highest BCUT2D eigenvalue weighted by Gasteiger charge is 2.42. The molecule has 0 fully saturated rings. The molecule has 0 radical (unpaired) electrons. The zero-order chi connectivity index (χ0) is 20.7. The van der Waals surface area contributed by atoms with Crippen LogP contribution >= 0.6 is 0 Å². The number of benzene rings is 3. The summed E-state index contributed by atoms with van der Waals surface area (Å²) in [4.78, 5) is 11.3. The van der Waals surface area contributed by atoms with Crippen LogP contribution in [0.1, 0.15) is 35.4 Å². The number of hydrogen-bond donors (Lipinski definition) is 0. The third-order valence-electron chi connectivity index (χ3n) is 5.50. The predicted octanol–water partition coefficient (Wildman–Crippen LogP) is 4.85. The molecule has 3 aromatic rings. The van der Waals surface area contributed by atoms with Crippen molar-refractivity contribution in [1.29, 1.82) is 0 Å². The molecule has 0 saturated heterocycles. The van der Waals surface area contributed by atoms with Gasteiger partial charge in [-0.25, -0.2) is 5.01 Å². The molecule has 0 amide bonds. The molecule has 2 atom stereocenters. The van der Waals surface area contributed by atoms with Gasteiger partial charge in [0.1, 0.15) is 11.5 Å². The molecule has 5 rings (SSSR count). The number of hydrogen-bond acceptors (Lipinski definition) is 6. The summed E-state index contributed by atoms with van der Waals surface area (Å²) in [6, 6.07) is 22.2. The molecule has 2 unspecified atom stereocenters. The highest BCUT2D eigenvalue weighted by Crippen LogP contribution is 2.48. The van der Waals surface area contributed by atoms with Crippen molar-refractivity contribution < 1.29 is 14.4 Å². The SMILES string of the molecule is COc1cccc(C2=NN3C(C2)c2ccccc2OC3c2ccccc2[N+](=O)[O-])c1. The van der Waals surface area contributed by atoms with Gasteiger partial charge in [-0.3, -0.25) is 10.1 Å². The van der Waals surface area contributed by atoms with Gasteiger partial charge in [-0.05, 0) is 24.3 Å². The highest BCUT2D eigenvalue weighted by molar-refractivity contribution is 6.02. The number of para-hydroxylation sites is 2. The molecule has 0 bridgehead atoms. The van der Waals surface area contributed by atoms with E-state index in [-0.39, 0.29) is 16.7 Å². The minimum atomic E-state index is -0.686. The van der Waals surface area contributed by atoms with Crippen LogP contribution in [0.2, 0.25) is 0 Å². The summed E-state index contributed by atoms with van der Waals surface area (Å²) in [6.07, 6.45) is -0.0142. The van der Waals surface area contributed by atoms with Crippen molar-refractivity contribution in [2.24, 2.45) is 5.10 Å². The van der Waals surface area contributed by atoms with Crippen molar-refractivity contribution in [2.75, 3.05) is 7.11 Å². The van der Waals surface area contributed by atoms with Gasteiger partial charge in [-0.2, -0.15) is 5.10 Å². The monoisotopic (exact) mass is 401 g/mol. The topological polar surface area (TPSA) is 77.2 Å². The zero-order valence-corrected chi connectivity index (χ0v) is 16.3. The lowest BCUT2D eigenvalue weighted by atomic mass is 9.95. The number of nitro benzene ring substituents is 1. The van der Waals surface area contributed by atoms with Crippen LogP contribution in [0.25, 0.3) is 0 Å². The third-order valence-corrected chi connectivity index (χ3v) is 5.50. The van der Waals surface area contributed by atoms with E-state index in [1.54, 1.807) is 25.3 Å². The first-order chi connectivity index (χ1) is 14.7. The van der Waals surface area contributed by atoms with Gasteiger partial charge >= 0.3 is 0 Å². The second-order valence-corrected chi connectivity index (χ2v) is 7.20. The summed E-state index contributed by atoms with van der Waals surface area (Å²) >= 11 is 0. The summed E-state index contributed by atoms with van der Waals surface area (Å²) in [6.45, 7) is 0. The van der Waals surface area contributed by atoms with Gasteiger partial charge in [0.05, 0.1) is 29.4 Å². The van der Waals surface area contributed by atoms with Gasteiger partial charge in [-0.15, -0.1) is 0 Å². The largest absolute Gasteiger partial charge is 0.497 e.